The summed E-state index contributed by atoms with van der Waals surface area (Å²) in [6.07, 6.45) is -4.71. The second kappa shape index (κ2) is 6.75. The largest absolute Gasteiger partial charge is 0.399 e. The first-order valence-corrected chi connectivity index (χ1v) is 7.34. The lowest BCUT2D eigenvalue weighted by molar-refractivity contribution is -0.205. The summed E-state index contributed by atoms with van der Waals surface area (Å²) in [5.74, 6) is 0.559. The third-order valence-corrected chi connectivity index (χ3v) is 4.46. The second-order valence-corrected chi connectivity index (χ2v) is 5.84. The van der Waals surface area contributed by atoms with Crippen LogP contribution in [0.15, 0.2) is 24.3 Å². The molecule has 20 heavy (non-hydrogen) atoms. The van der Waals surface area contributed by atoms with Crippen LogP contribution in [-0.4, -0.2) is 56.9 Å². The van der Waals surface area contributed by atoms with Crippen molar-refractivity contribution in [2.24, 2.45) is 0 Å². The molecule has 0 radical (unpaired) electrons. The van der Waals surface area contributed by atoms with Crippen molar-refractivity contribution in [3.63, 3.8) is 0 Å². The molecule has 0 bridgehead atoms. The minimum Gasteiger partial charge on any atom is -0.399 e. The number of thioether (sulfide) groups is 1. The number of benzene rings is 1. The van der Waals surface area contributed by atoms with E-state index >= 15 is 0 Å². The van der Waals surface area contributed by atoms with Gasteiger partial charge in [0.1, 0.15) is 29.9 Å². The SMILES string of the molecule is Nc1ccc(CS[C@H]2O[C@@H](CO)[C@H](O)[C@H](O)[C@@H]2O)cc1. The van der Waals surface area contributed by atoms with Gasteiger partial charge in [-0.1, -0.05) is 12.1 Å². The number of nitrogens with two attached hydrogens (primary N) is 1. The van der Waals surface area contributed by atoms with Crippen LogP contribution in [0.3, 0.4) is 0 Å². The molecule has 1 heterocycles. The Morgan fingerprint density at radius 1 is 1.05 bits per heavy atom. The van der Waals surface area contributed by atoms with E-state index in [0.29, 0.717) is 11.4 Å². The van der Waals surface area contributed by atoms with Crippen molar-refractivity contribution in [1.82, 2.24) is 0 Å². The van der Waals surface area contributed by atoms with E-state index in [4.69, 9.17) is 15.6 Å². The standard InChI is InChI=1S/C13H19NO5S/c14-8-3-1-7(2-4-8)6-20-13-12(18)11(17)10(16)9(5-15)19-13/h1-4,9-13,15-18H,5-6,14H2/t9-,10-,11-,12-,13+/m0/s1. The Hall–Kier alpha value is -0.830. The van der Waals surface area contributed by atoms with E-state index in [0.717, 1.165) is 5.56 Å². The molecule has 0 saturated carbocycles. The predicted octanol–water partition coefficient (Wildman–Crippen LogP) is -0.698. The maximum atomic E-state index is 9.89. The van der Waals surface area contributed by atoms with Crippen molar-refractivity contribution in [1.29, 1.82) is 0 Å². The molecule has 1 aliphatic heterocycles. The van der Waals surface area contributed by atoms with E-state index < -0.39 is 36.5 Å². The first-order valence-electron chi connectivity index (χ1n) is 6.29. The average Bonchev–Trinajstić information content (AvgIpc) is 2.46. The van der Waals surface area contributed by atoms with Crippen LogP contribution in [0.1, 0.15) is 5.56 Å². The highest BCUT2D eigenvalue weighted by Gasteiger charge is 2.43. The average molecular weight is 301 g/mol. The van der Waals surface area contributed by atoms with E-state index in [9.17, 15) is 15.3 Å². The van der Waals surface area contributed by atoms with Crippen LogP contribution in [0.25, 0.3) is 0 Å². The number of aliphatic hydroxyl groups excluding tert-OH is 4. The highest BCUT2D eigenvalue weighted by atomic mass is 32.2. The van der Waals surface area contributed by atoms with Gasteiger partial charge in [-0.2, -0.15) is 0 Å². The molecule has 1 aromatic carbocycles. The highest BCUT2D eigenvalue weighted by molar-refractivity contribution is 7.99. The normalized spacial score (nSPS) is 34.1. The summed E-state index contributed by atoms with van der Waals surface area (Å²) in [7, 11) is 0. The second-order valence-electron chi connectivity index (χ2n) is 4.75. The fourth-order valence-electron chi connectivity index (χ4n) is 2.00. The molecule has 5 atom stereocenters. The van der Waals surface area contributed by atoms with Gasteiger partial charge in [-0.25, -0.2) is 0 Å². The summed E-state index contributed by atoms with van der Waals surface area (Å²) in [5, 5.41) is 38.3. The molecule has 1 aliphatic rings. The Balaban J connectivity index is 1.95. The van der Waals surface area contributed by atoms with Gasteiger partial charge in [0.05, 0.1) is 6.61 Å². The molecular weight excluding hydrogens is 282 g/mol. The molecule has 6 nitrogen and oxygen atoms in total. The van der Waals surface area contributed by atoms with Crippen molar-refractivity contribution in [3.8, 4) is 0 Å². The summed E-state index contributed by atoms with van der Waals surface area (Å²) in [5.41, 5.74) is 6.57. The van der Waals surface area contributed by atoms with Crippen LogP contribution in [0.2, 0.25) is 0 Å². The third kappa shape index (κ3) is 3.43. The van der Waals surface area contributed by atoms with Gasteiger partial charge in [-0.05, 0) is 17.7 Å². The molecule has 1 saturated heterocycles. The number of nitrogen functional groups attached to an aromatic ring is 1. The van der Waals surface area contributed by atoms with E-state index in [2.05, 4.69) is 0 Å². The van der Waals surface area contributed by atoms with E-state index in [1.165, 1.54) is 11.8 Å². The Labute approximate surface area is 121 Å². The van der Waals surface area contributed by atoms with Gasteiger partial charge in [0, 0.05) is 11.4 Å². The van der Waals surface area contributed by atoms with Crippen molar-refractivity contribution in [2.45, 2.75) is 35.6 Å². The maximum absolute atomic E-state index is 9.89. The summed E-state index contributed by atoms with van der Waals surface area (Å²) < 4.78 is 5.40. The molecule has 6 N–H and O–H groups in total. The fraction of sp³-hybridized carbons (Fsp3) is 0.538. The maximum Gasteiger partial charge on any atom is 0.132 e. The molecule has 0 aliphatic carbocycles. The first kappa shape index (κ1) is 15.6. The Kier molecular flexibility index (Phi) is 5.25. The molecule has 0 unspecified atom stereocenters. The number of anilines is 1. The van der Waals surface area contributed by atoms with E-state index in [1.807, 2.05) is 12.1 Å². The van der Waals surface area contributed by atoms with Gasteiger partial charge in [0.25, 0.3) is 0 Å². The van der Waals surface area contributed by atoms with Gasteiger partial charge in [-0.3, -0.25) is 0 Å². The van der Waals surface area contributed by atoms with Crippen LogP contribution in [0.4, 0.5) is 5.69 Å². The molecule has 0 amide bonds. The van der Waals surface area contributed by atoms with Crippen LogP contribution in [0, 0.1) is 0 Å². The van der Waals surface area contributed by atoms with Crippen molar-refractivity contribution >= 4 is 17.4 Å². The number of rotatable bonds is 4. The highest BCUT2D eigenvalue weighted by Crippen LogP contribution is 2.30. The van der Waals surface area contributed by atoms with E-state index in [-0.39, 0.29) is 0 Å². The zero-order valence-electron chi connectivity index (χ0n) is 10.8. The predicted molar refractivity (Wildman–Crippen MR) is 75.9 cm³/mol. The number of aliphatic hydroxyl groups is 4. The van der Waals surface area contributed by atoms with Gasteiger partial charge < -0.3 is 30.9 Å². The first-order chi connectivity index (χ1) is 9.52. The molecule has 0 aromatic heterocycles. The summed E-state index contributed by atoms with van der Waals surface area (Å²) >= 11 is 1.29. The topological polar surface area (TPSA) is 116 Å². The molecule has 1 fully saturated rings. The summed E-state index contributed by atoms with van der Waals surface area (Å²) in [6.45, 7) is -0.413. The van der Waals surface area contributed by atoms with Gasteiger partial charge in [0.2, 0.25) is 0 Å². The zero-order valence-corrected chi connectivity index (χ0v) is 11.6. The van der Waals surface area contributed by atoms with Crippen LogP contribution in [0.5, 0.6) is 0 Å². The summed E-state index contributed by atoms with van der Waals surface area (Å²) in [6, 6.07) is 7.30. The molecule has 7 heteroatoms. The minimum absolute atomic E-state index is 0.413. The van der Waals surface area contributed by atoms with Gasteiger partial charge in [-0.15, -0.1) is 11.8 Å². The lowest BCUT2D eigenvalue weighted by atomic mass is 10.0. The monoisotopic (exact) mass is 301 g/mol. The lowest BCUT2D eigenvalue weighted by Crippen LogP contribution is -2.57. The summed E-state index contributed by atoms with van der Waals surface area (Å²) in [4.78, 5) is 0. The van der Waals surface area contributed by atoms with Gasteiger partial charge in [0.15, 0.2) is 0 Å². The van der Waals surface area contributed by atoms with Crippen LogP contribution >= 0.6 is 11.8 Å². The fourth-order valence-corrected chi connectivity index (χ4v) is 3.13. The van der Waals surface area contributed by atoms with Crippen molar-refractivity contribution in [3.05, 3.63) is 29.8 Å². The van der Waals surface area contributed by atoms with Crippen LogP contribution < -0.4 is 5.73 Å². The van der Waals surface area contributed by atoms with Crippen molar-refractivity contribution < 1.29 is 25.2 Å². The minimum atomic E-state index is -1.33. The molecule has 2 rings (SSSR count). The molecule has 112 valence electrons. The quantitative estimate of drug-likeness (QED) is 0.467. The Bertz CT molecular complexity index is 427. The molecule has 0 spiro atoms. The zero-order chi connectivity index (χ0) is 14.7. The number of ether oxygens (including phenoxy) is 1. The smallest absolute Gasteiger partial charge is 0.132 e. The molecular formula is C13H19NO5S. The van der Waals surface area contributed by atoms with Gasteiger partial charge >= 0.3 is 0 Å². The number of hydrogen-bond acceptors (Lipinski definition) is 7. The lowest BCUT2D eigenvalue weighted by Gasteiger charge is -2.39. The van der Waals surface area contributed by atoms with Crippen molar-refractivity contribution in [2.75, 3.05) is 12.3 Å². The molecule has 1 aromatic rings. The Morgan fingerprint density at radius 2 is 1.70 bits per heavy atom. The Morgan fingerprint density at radius 3 is 2.30 bits per heavy atom. The number of hydrogen-bond donors (Lipinski definition) is 5. The van der Waals surface area contributed by atoms with E-state index in [1.54, 1.807) is 12.1 Å². The third-order valence-electron chi connectivity index (χ3n) is 3.24. The van der Waals surface area contributed by atoms with Crippen LogP contribution in [-0.2, 0) is 10.5 Å².